The van der Waals surface area contributed by atoms with E-state index in [2.05, 4.69) is 4.72 Å². The van der Waals surface area contributed by atoms with Gasteiger partial charge in [-0.3, -0.25) is 0 Å². The number of benzene rings is 1. The third-order valence-corrected chi connectivity index (χ3v) is 5.09. The average molecular weight is 330 g/mol. The van der Waals surface area contributed by atoms with E-state index in [1.165, 1.54) is 6.07 Å². The molecule has 0 amide bonds. The molecule has 118 valence electrons. The molecule has 0 fully saturated rings. The van der Waals surface area contributed by atoms with Crippen molar-refractivity contribution < 1.29 is 13.2 Å². The van der Waals surface area contributed by atoms with Crippen LogP contribution in [0.1, 0.15) is 25.0 Å². The topological polar surface area (TPSA) is 81.4 Å². The second kappa shape index (κ2) is 7.31. The van der Waals surface area contributed by atoms with Gasteiger partial charge in [0.05, 0.1) is 11.5 Å². The summed E-state index contributed by atoms with van der Waals surface area (Å²) >= 11 is 4.90. The van der Waals surface area contributed by atoms with Gasteiger partial charge >= 0.3 is 0 Å². The van der Waals surface area contributed by atoms with Gasteiger partial charge in [-0.25, -0.2) is 13.1 Å². The van der Waals surface area contributed by atoms with Crippen LogP contribution in [0.3, 0.4) is 0 Å². The summed E-state index contributed by atoms with van der Waals surface area (Å²) in [5, 5.41) is 0. The molecule has 0 heterocycles. The summed E-state index contributed by atoms with van der Waals surface area (Å²) in [5.74, 6) is 0.110. The second-order valence-electron chi connectivity index (χ2n) is 5.27. The van der Waals surface area contributed by atoms with Crippen LogP contribution in [0, 0.1) is 12.8 Å². The minimum Gasteiger partial charge on any atom is -0.389 e. The molecule has 21 heavy (non-hydrogen) atoms. The van der Waals surface area contributed by atoms with Crippen molar-refractivity contribution >= 4 is 27.2 Å². The van der Waals surface area contributed by atoms with E-state index in [-0.39, 0.29) is 21.8 Å². The molecule has 0 radical (unpaired) electrons. The number of ether oxygens (including phenoxy) is 1. The summed E-state index contributed by atoms with van der Waals surface area (Å²) in [6, 6.07) is 4.62. The lowest BCUT2D eigenvalue weighted by atomic mass is 10.1. The quantitative estimate of drug-likeness (QED) is 0.742. The Morgan fingerprint density at radius 1 is 1.43 bits per heavy atom. The van der Waals surface area contributed by atoms with Crippen LogP contribution in [-0.4, -0.2) is 33.2 Å². The maximum absolute atomic E-state index is 12.6. The number of methoxy groups -OCH3 is 1. The van der Waals surface area contributed by atoms with Crippen LogP contribution < -0.4 is 10.5 Å². The Morgan fingerprint density at radius 2 is 2.05 bits per heavy atom. The van der Waals surface area contributed by atoms with Gasteiger partial charge in [0.1, 0.15) is 4.99 Å². The summed E-state index contributed by atoms with van der Waals surface area (Å²) in [4.78, 5) is 0.360. The number of rotatable bonds is 7. The zero-order valence-electron chi connectivity index (χ0n) is 12.7. The van der Waals surface area contributed by atoms with Gasteiger partial charge in [0.2, 0.25) is 10.0 Å². The van der Waals surface area contributed by atoms with Gasteiger partial charge in [0.25, 0.3) is 0 Å². The van der Waals surface area contributed by atoms with Crippen LogP contribution in [0.5, 0.6) is 0 Å². The molecule has 1 unspecified atom stereocenters. The monoisotopic (exact) mass is 330 g/mol. The molecule has 0 bridgehead atoms. The summed E-state index contributed by atoms with van der Waals surface area (Å²) in [5.41, 5.74) is 6.74. The maximum atomic E-state index is 12.6. The molecular weight excluding hydrogens is 308 g/mol. The van der Waals surface area contributed by atoms with E-state index in [1.807, 2.05) is 13.8 Å². The molecule has 5 nitrogen and oxygen atoms in total. The molecule has 7 heteroatoms. The van der Waals surface area contributed by atoms with Crippen LogP contribution in [0.25, 0.3) is 0 Å². The van der Waals surface area contributed by atoms with Crippen molar-refractivity contribution in [2.45, 2.75) is 31.7 Å². The van der Waals surface area contributed by atoms with Gasteiger partial charge in [-0.05, 0) is 24.5 Å². The zero-order valence-corrected chi connectivity index (χ0v) is 14.3. The minimum absolute atomic E-state index is 0.110. The first-order valence-corrected chi connectivity index (χ1v) is 8.50. The normalized spacial score (nSPS) is 13.4. The van der Waals surface area contributed by atoms with Crippen LogP contribution in [0.2, 0.25) is 0 Å². The average Bonchev–Trinajstić information content (AvgIpc) is 2.37. The van der Waals surface area contributed by atoms with E-state index >= 15 is 0 Å². The molecular formula is C14H22N2O3S2. The number of sulfonamides is 1. The Labute approximate surface area is 131 Å². The largest absolute Gasteiger partial charge is 0.389 e. The van der Waals surface area contributed by atoms with E-state index in [4.69, 9.17) is 22.7 Å². The molecule has 0 aromatic heterocycles. The Bertz CT molecular complexity index is 613. The third-order valence-electron chi connectivity index (χ3n) is 3.22. The highest BCUT2D eigenvalue weighted by Gasteiger charge is 2.24. The lowest BCUT2D eigenvalue weighted by Gasteiger charge is -2.22. The molecule has 1 aromatic carbocycles. The first-order chi connectivity index (χ1) is 9.69. The fraction of sp³-hybridized carbons (Fsp3) is 0.500. The van der Waals surface area contributed by atoms with Gasteiger partial charge in [-0.2, -0.15) is 0 Å². The number of hydrogen-bond donors (Lipinski definition) is 2. The van der Waals surface area contributed by atoms with E-state index in [9.17, 15) is 8.42 Å². The first-order valence-electron chi connectivity index (χ1n) is 6.60. The van der Waals surface area contributed by atoms with Gasteiger partial charge in [-0.1, -0.05) is 38.2 Å². The van der Waals surface area contributed by atoms with Gasteiger partial charge in [-0.15, -0.1) is 0 Å². The highest BCUT2D eigenvalue weighted by Crippen LogP contribution is 2.18. The zero-order chi connectivity index (χ0) is 16.2. The predicted molar refractivity (Wildman–Crippen MR) is 87.9 cm³/mol. The van der Waals surface area contributed by atoms with Crippen molar-refractivity contribution in [2.24, 2.45) is 11.7 Å². The molecule has 0 saturated heterocycles. The number of nitrogens with one attached hydrogen (secondary N) is 1. The minimum atomic E-state index is -3.66. The predicted octanol–water partition coefficient (Wildman–Crippen LogP) is 1.58. The Hall–Kier alpha value is -1.02. The molecule has 0 aliphatic rings. The van der Waals surface area contributed by atoms with Gasteiger partial charge in [0, 0.05) is 18.7 Å². The maximum Gasteiger partial charge on any atom is 0.241 e. The van der Waals surface area contributed by atoms with E-state index in [0.717, 1.165) is 0 Å². The van der Waals surface area contributed by atoms with Crippen LogP contribution >= 0.6 is 12.2 Å². The van der Waals surface area contributed by atoms with Crippen LogP contribution in [0.15, 0.2) is 23.1 Å². The van der Waals surface area contributed by atoms with E-state index in [0.29, 0.717) is 17.7 Å². The molecule has 1 atom stereocenters. The highest BCUT2D eigenvalue weighted by atomic mass is 32.2. The molecule has 1 rings (SSSR count). The van der Waals surface area contributed by atoms with Crippen molar-refractivity contribution in [3.63, 3.8) is 0 Å². The number of aryl methyl sites for hydroxylation is 1. The van der Waals surface area contributed by atoms with Crippen LogP contribution in [-0.2, 0) is 14.8 Å². The summed E-state index contributed by atoms with van der Waals surface area (Å²) in [7, 11) is -2.11. The summed E-state index contributed by atoms with van der Waals surface area (Å²) in [6.45, 7) is 5.92. The van der Waals surface area contributed by atoms with Crippen molar-refractivity contribution in [1.82, 2.24) is 4.72 Å². The highest BCUT2D eigenvalue weighted by molar-refractivity contribution is 7.89. The molecule has 0 spiro atoms. The van der Waals surface area contributed by atoms with Gasteiger partial charge < -0.3 is 10.5 Å². The Balaban J connectivity index is 3.18. The summed E-state index contributed by atoms with van der Waals surface area (Å²) in [6.07, 6.45) is 0. The lowest BCUT2D eigenvalue weighted by molar-refractivity contribution is 0.157. The first kappa shape index (κ1) is 18.0. The lowest BCUT2D eigenvalue weighted by Crippen LogP contribution is -2.41. The Morgan fingerprint density at radius 3 is 2.52 bits per heavy atom. The van der Waals surface area contributed by atoms with Crippen molar-refractivity contribution in [3.05, 3.63) is 29.3 Å². The number of nitrogens with two attached hydrogens (primary N) is 1. The van der Waals surface area contributed by atoms with E-state index in [1.54, 1.807) is 26.2 Å². The molecule has 1 aromatic rings. The van der Waals surface area contributed by atoms with Crippen molar-refractivity contribution in [1.29, 1.82) is 0 Å². The fourth-order valence-electron chi connectivity index (χ4n) is 1.85. The number of thiocarbonyl (C=S) groups is 1. The van der Waals surface area contributed by atoms with Crippen molar-refractivity contribution in [2.75, 3.05) is 13.7 Å². The van der Waals surface area contributed by atoms with Crippen LogP contribution in [0.4, 0.5) is 0 Å². The molecule has 0 aliphatic heterocycles. The smallest absolute Gasteiger partial charge is 0.241 e. The summed E-state index contributed by atoms with van der Waals surface area (Å²) < 4.78 is 32.9. The standard InChI is InChI=1S/C14H22N2O3S2/c1-9(2)12(8-19-4)16-21(17,18)13-7-11(14(15)20)6-5-10(13)3/h5-7,9,12,16H,8H2,1-4H3,(H2,15,20). The molecule has 0 saturated carbocycles. The second-order valence-corrected chi connectivity index (χ2v) is 7.39. The van der Waals surface area contributed by atoms with Crippen molar-refractivity contribution in [3.8, 4) is 0 Å². The Kier molecular flexibility index (Phi) is 6.27. The van der Waals surface area contributed by atoms with Gasteiger partial charge in [0.15, 0.2) is 0 Å². The SMILES string of the molecule is COCC(NS(=O)(=O)c1cc(C(N)=S)ccc1C)C(C)C. The fourth-order valence-corrected chi connectivity index (χ4v) is 3.61. The third kappa shape index (κ3) is 4.74. The number of hydrogen-bond acceptors (Lipinski definition) is 4. The molecule has 0 aliphatic carbocycles. The van der Waals surface area contributed by atoms with E-state index < -0.39 is 10.0 Å². The molecule has 3 N–H and O–H groups in total.